The average molecular weight is 260 g/mol. The van der Waals surface area contributed by atoms with Crippen LogP contribution in [0.4, 0.5) is 0 Å². The fraction of sp³-hybridized carbons (Fsp3) is 0.471. The van der Waals surface area contributed by atoms with Gasteiger partial charge in [0.1, 0.15) is 0 Å². The van der Waals surface area contributed by atoms with Gasteiger partial charge in [0.15, 0.2) is 0 Å². The molecule has 2 nitrogen and oxygen atoms in total. The quantitative estimate of drug-likeness (QED) is 0.699. The van der Waals surface area contributed by atoms with E-state index in [1.807, 2.05) is 12.1 Å². The van der Waals surface area contributed by atoms with Crippen LogP contribution in [0.5, 0.6) is 0 Å². The van der Waals surface area contributed by atoms with Crippen molar-refractivity contribution in [3.63, 3.8) is 0 Å². The number of carboxylic acid groups (broad SMARTS) is 1. The Morgan fingerprint density at radius 3 is 2.32 bits per heavy atom. The van der Waals surface area contributed by atoms with Crippen LogP contribution in [0.25, 0.3) is 0 Å². The van der Waals surface area contributed by atoms with Crippen LogP contribution in [0.15, 0.2) is 35.9 Å². The van der Waals surface area contributed by atoms with Crippen molar-refractivity contribution >= 4 is 5.97 Å². The summed E-state index contributed by atoms with van der Waals surface area (Å²) in [4.78, 5) is 10.8. The Morgan fingerprint density at radius 2 is 1.84 bits per heavy atom. The second-order valence-corrected chi connectivity index (χ2v) is 4.97. The van der Waals surface area contributed by atoms with Gasteiger partial charge in [0.05, 0.1) is 5.56 Å². The van der Waals surface area contributed by atoms with E-state index in [0.29, 0.717) is 11.5 Å². The third-order valence-corrected chi connectivity index (χ3v) is 3.45. The summed E-state index contributed by atoms with van der Waals surface area (Å²) in [6.45, 7) is 6.58. The maximum Gasteiger partial charge on any atom is 0.335 e. The molecule has 0 saturated heterocycles. The first kappa shape index (κ1) is 15.5. The van der Waals surface area contributed by atoms with Gasteiger partial charge in [0, 0.05) is 5.92 Å². The molecule has 1 unspecified atom stereocenters. The van der Waals surface area contributed by atoms with Gasteiger partial charge in [-0.05, 0) is 30.5 Å². The Hall–Kier alpha value is -1.57. The molecule has 2 heteroatoms. The molecular weight excluding hydrogens is 236 g/mol. The second-order valence-electron chi connectivity index (χ2n) is 4.97. The van der Waals surface area contributed by atoms with Gasteiger partial charge in [0.2, 0.25) is 0 Å². The minimum absolute atomic E-state index is 0.352. The molecule has 0 aliphatic carbocycles. The van der Waals surface area contributed by atoms with E-state index in [9.17, 15) is 4.79 Å². The maximum absolute atomic E-state index is 10.8. The van der Waals surface area contributed by atoms with Gasteiger partial charge >= 0.3 is 5.97 Å². The molecule has 1 atom stereocenters. The van der Waals surface area contributed by atoms with Gasteiger partial charge in [-0.2, -0.15) is 0 Å². The van der Waals surface area contributed by atoms with Crippen LogP contribution in [-0.2, 0) is 0 Å². The molecular formula is C17H24O2. The predicted molar refractivity (Wildman–Crippen MR) is 79.7 cm³/mol. The van der Waals surface area contributed by atoms with Crippen LogP contribution >= 0.6 is 0 Å². The number of rotatable bonds is 7. The van der Waals surface area contributed by atoms with Crippen LogP contribution in [0.1, 0.15) is 68.3 Å². The third kappa shape index (κ3) is 4.55. The number of carbonyl (C=O) groups is 1. The molecule has 1 aromatic rings. The highest BCUT2D eigenvalue weighted by molar-refractivity contribution is 5.87. The topological polar surface area (TPSA) is 37.3 Å². The van der Waals surface area contributed by atoms with E-state index in [1.54, 1.807) is 12.1 Å². The molecule has 1 N–H and O–H groups in total. The first-order chi connectivity index (χ1) is 9.10. The Kier molecular flexibility index (Phi) is 6.34. The largest absolute Gasteiger partial charge is 0.478 e. The van der Waals surface area contributed by atoms with Gasteiger partial charge in [-0.3, -0.25) is 0 Å². The lowest BCUT2D eigenvalue weighted by Crippen LogP contribution is -2.01. The molecule has 0 amide bonds. The molecule has 0 spiro atoms. The monoisotopic (exact) mass is 260 g/mol. The highest BCUT2D eigenvalue weighted by atomic mass is 16.4. The van der Waals surface area contributed by atoms with Gasteiger partial charge in [-0.1, -0.05) is 57.4 Å². The molecule has 1 rings (SSSR count). The lowest BCUT2D eigenvalue weighted by Gasteiger charge is -2.16. The molecule has 19 heavy (non-hydrogen) atoms. The Labute approximate surface area is 116 Å². The van der Waals surface area contributed by atoms with E-state index in [2.05, 4.69) is 26.8 Å². The molecule has 0 aliphatic heterocycles. The zero-order valence-electron chi connectivity index (χ0n) is 12.1. The van der Waals surface area contributed by atoms with Crippen LogP contribution in [0.2, 0.25) is 0 Å². The number of aromatic carboxylic acids is 1. The van der Waals surface area contributed by atoms with E-state index in [4.69, 9.17) is 5.11 Å². The van der Waals surface area contributed by atoms with Crippen molar-refractivity contribution in [3.05, 3.63) is 47.0 Å². The third-order valence-electron chi connectivity index (χ3n) is 3.45. The molecule has 0 aliphatic rings. The summed E-state index contributed by atoms with van der Waals surface area (Å²) in [5, 5.41) is 8.91. The first-order valence-corrected chi connectivity index (χ1v) is 7.12. The standard InChI is InChI=1S/C17H24O2/c1-4-6-8-14(7-5-2)13(3)15-9-11-16(12-10-15)17(18)19/h8-13H,4-7H2,1-3H3,(H,18,19)/b14-8+. The number of carboxylic acids is 1. The van der Waals surface area contributed by atoms with Crippen molar-refractivity contribution in [1.82, 2.24) is 0 Å². The highest BCUT2D eigenvalue weighted by Gasteiger charge is 2.11. The van der Waals surface area contributed by atoms with Crippen LogP contribution in [0, 0.1) is 0 Å². The van der Waals surface area contributed by atoms with Crippen molar-refractivity contribution in [2.24, 2.45) is 0 Å². The second kappa shape index (κ2) is 7.78. The molecule has 104 valence electrons. The first-order valence-electron chi connectivity index (χ1n) is 7.12. The normalized spacial score (nSPS) is 13.3. The van der Waals surface area contributed by atoms with Gasteiger partial charge < -0.3 is 5.11 Å². The molecule has 0 aromatic heterocycles. The van der Waals surface area contributed by atoms with Crippen molar-refractivity contribution in [2.45, 2.75) is 52.4 Å². The number of unbranched alkanes of at least 4 members (excludes halogenated alkanes) is 1. The molecule has 0 bridgehead atoms. The highest BCUT2D eigenvalue weighted by Crippen LogP contribution is 2.28. The average Bonchev–Trinajstić information content (AvgIpc) is 2.42. The Balaban J connectivity index is 2.89. The molecule has 0 saturated carbocycles. The maximum atomic E-state index is 10.8. The molecule has 0 fully saturated rings. The number of benzene rings is 1. The van der Waals surface area contributed by atoms with E-state index >= 15 is 0 Å². The van der Waals surface area contributed by atoms with E-state index < -0.39 is 5.97 Å². The number of hydrogen-bond acceptors (Lipinski definition) is 1. The van der Waals surface area contributed by atoms with Crippen LogP contribution in [-0.4, -0.2) is 11.1 Å². The van der Waals surface area contributed by atoms with Crippen LogP contribution < -0.4 is 0 Å². The number of hydrogen-bond donors (Lipinski definition) is 1. The smallest absolute Gasteiger partial charge is 0.335 e. The predicted octanol–water partition coefficient (Wildman–Crippen LogP) is 5.01. The summed E-state index contributed by atoms with van der Waals surface area (Å²) in [6, 6.07) is 7.25. The fourth-order valence-corrected chi connectivity index (χ4v) is 2.24. The Morgan fingerprint density at radius 1 is 1.21 bits per heavy atom. The van der Waals surface area contributed by atoms with Crippen molar-refractivity contribution in [3.8, 4) is 0 Å². The van der Waals surface area contributed by atoms with Crippen molar-refractivity contribution in [1.29, 1.82) is 0 Å². The summed E-state index contributed by atoms with van der Waals surface area (Å²) < 4.78 is 0. The van der Waals surface area contributed by atoms with Crippen molar-refractivity contribution in [2.75, 3.05) is 0 Å². The van der Waals surface area contributed by atoms with Gasteiger partial charge in [-0.15, -0.1) is 0 Å². The zero-order valence-corrected chi connectivity index (χ0v) is 12.1. The lowest BCUT2D eigenvalue weighted by atomic mass is 9.89. The minimum Gasteiger partial charge on any atom is -0.478 e. The van der Waals surface area contributed by atoms with Crippen molar-refractivity contribution < 1.29 is 9.90 Å². The van der Waals surface area contributed by atoms with E-state index in [1.165, 1.54) is 11.1 Å². The molecule has 0 heterocycles. The summed E-state index contributed by atoms with van der Waals surface area (Å²) >= 11 is 0. The lowest BCUT2D eigenvalue weighted by molar-refractivity contribution is 0.0697. The SMILES string of the molecule is CCC/C=C(\CCC)C(C)c1ccc(C(=O)O)cc1. The van der Waals surface area contributed by atoms with E-state index in [-0.39, 0.29) is 0 Å². The summed E-state index contributed by atoms with van der Waals surface area (Å²) in [5.41, 5.74) is 3.01. The molecule has 0 radical (unpaired) electrons. The zero-order chi connectivity index (χ0) is 14.3. The molecule has 1 aromatic carbocycles. The van der Waals surface area contributed by atoms with E-state index in [0.717, 1.165) is 25.7 Å². The van der Waals surface area contributed by atoms with Gasteiger partial charge in [0.25, 0.3) is 0 Å². The van der Waals surface area contributed by atoms with Gasteiger partial charge in [-0.25, -0.2) is 4.79 Å². The Bertz CT molecular complexity index is 429. The minimum atomic E-state index is -0.866. The summed E-state index contributed by atoms with van der Waals surface area (Å²) in [6.07, 6.45) is 6.89. The number of allylic oxidation sites excluding steroid dienone is 2. The summed E-state index contributed by atoms with van der Waals surface area (Å²) in [5.74, 6) is -0.496. The van der Waals surface area contributed by atoms with Crippen LogP contribution in [0.3, 0.4) is 0 Å². The fourth-order valence-electron chi connectivity index (χ4n) is 2.24. The summed E-state index contributed by atoms with van der Waals surface area (Å²) in [7, 11) is 0.